The number of nitrogens with zero attached hydrogens (tertiary/aromatic N) is 1. The molecule has 1 unspecified atom stereocenters. The molecule has 0 fully saturated rings. The largest absolute Gasteiger partial charge is 0.307 e. The monoisotopic (exact) mass is 212 g/mol. The molecule has 0 aliphatic carbocycles. The fourth-order valence-electron chi connectivity index (χ4n) is 1.25. The van der Waals surface area contributed by atoms with Gasteiger partial charge >= 0.3 is 0 Å². The Morgan fingerprint density at radius 2 is 2.36 bits per heavy atom. The molecule has 1 aromatic heterocycles. The Morgan fingerprint density at radius 3 is 2.93 bits per heavy atom. The number of aryl methyl sites for hydroxylation is 1. The molecule has 2 nitrogen and oxygen atoms in total. The second-order valence-electron chi connectivity index (χ2n) is 3.41. The Balaban J connectivity index is 2.49. The lowest BCUT2D eigenvalue weighted by Gasteiger charge is -2.13. The second-order valence-corrected chi connectivity index (χ2v) is 3.72. The van der Waals surface area contributed by atoms with Crippen LogP contribution in [0.15, 0.2) is 18.3 Å². The van der Waals surface area contributed by atoms with E-state index in [1.165, 1.54) is 5.56 Å². The van der Waals surface area contributed by atoms with E-state index >= 15 is 0 Å². The van der Waals surface area contributed by atoms with E-state index in [4.69, 9.17) is 11.6 Å². The van der Waals surface area contributed by atoms with Gasteiger partial charge in [-0.25, -0.2) is 0 Å². The molecule has 78 valence electrons. The Labute approximate surface area is 90.7 Å². The molecule has 0 aliphatic heterocycles. The maximum atomic E-state index is 5.79. The molecule has 0 radical (unpaired) electrons. The lowest BCUT2D eigenvalue weighted by Crippen LogP contribution is -2.29. The molecule has 0 saturated heterocycles. The van der Waals surface area contributed by atoms with Crippen LogP contribution in [0.3, 0.4) is 0 Å². The third-order valence-electron chi connectivity index (χ3n) is 2.36. The number of nitrogens with one attached hydrogen (secondary N) is 1. The number of halogens is 1. The summed E-state index contributed by atoms with van der Waals surface area (Å²) in [5.41, 5.74) is 2.33. The average Bonchev–Trinajstić information content (AvgIpc) is 2.22. The van der Waals surface area contributed by atoms with Gasteiger partial charge in [-0.1, -0.05) is 13.0 Å². The number of hydrogen-bond donors (Lipinski definition) is 1. The van der Waals surface area contributed by atoms with Gasteiger partial charge in [0, 0.05) is 24.7 Å². The van der Waals surface area contributed by atoms with E-state index in [9.17, 15) is 0 Å². The Hall–Kier alpha value is -0.600. The highest BCUT2D eigenvalue weighted by molar-refractivity contribution is 6.18. The molecule has 1 atom stereocenters. The van der Waals surface area contributed by atoms with E-state index in [-0.39, 0.29) is 0 Å². The SMILES string of the molecule is CCC(CCl)NCc1ncccc1C. The molecule has 0 amide bonds. The highest BCUT2D eigenvalue weighted by atomic mass is 35.5. The molecule has 1 rings (SSSR count). The lowest BCUT2D eigenvalue weighted by molar-refractivity contribution is 0.532. The van der Waals surface area contributed by atoms with Gasteiger partial charge in [-0.15, -0.1) is 11.6 Å². The highest BCUT2D eigenvalue weighted by Gasteiger charge is 2.04. The van der Waals surface area contributed by atoms with Crippen molar-refractivity contribution in [3.05, 3.63) is 29.6 Å². The molecule has 0 spiro atoms. The van der Waals surface area contributed by atoms with Crippen LogP contribution in [0.1, 0.15) is 24.6 Å². The molecule has 0 bridgehead atoms. The predicted molar refractivity (Wildman–Crippen MR) is 60.6 cm³/mol. The summed E-state index contributed by atoms with van der Waals surface area (Å²) in [7, 11) is 0. The first-order chi connectivity index (χ1) is 6.77. The Morgan fingerprint density at radius 1 is 1.57 bits per heavy atom. The van der Waals surface area contributed by atoms with E-state index < -0.39 is 0 Å². The number of hydrogen-bond acceptors (Lipinski definition) is 2. The molecule has 0 saturated carbocycles. The van der Waals surface area contributed by atoms with E-state index in [1.807, 2.05) is 12.3 Å². The van der Waals surface area contributed by atoms with Crippen LogP contribution in [0.5, 0.6) is 0 Å². The quantitative estimate of drug-likeness (QED) is 0.759. The van der Waals surface area contributed by atoms with Crippen molar-refractivity contribution in [3.8, 4) is 0 Å². The maximum absolute atomic E-state index is 5.79. The number of aromatic nitrogens is 1. The third kappa shape index (κ3) is 3.28. The molecule has 0 aromatic carbocycles. The van der Waals surface area contributed by atoms with Gasteiger partial charge in [0.05, 0.1) is 5.69 Å². The van der Waals surface area contributed by atoms with Crippen LogP contribution in [0, 0.1) is 6.92 Å². The van der Waals surface area contributed by atoms with E-state index in [0.29, 0.717) is 11.9 Å². The van der Waals surface area contributed by atoms with Gasteiger partial charge in [0.2, 0.25) is 0 Å². The van der Waals surface area contributed by atoms with Gasteiger partial charge in [-0.05, 0) is 25.0 Å². The molecular formula is C11H17ClN2. The van der Waals surface area contributed by atoms with Crippen LogP contribution in [0.4, 0.5) is 0 Å². The smallest absolute Gasteiger partial charge is 0.0570 e. The van der Waals surface area contributed by atoms with Crippen molar-refractivity contribution < 1.29 is 0 Å². The van der Waals surface area contributed by atoms with Gasteiger partial charge in [0.25, 0.3) is 0 Å². The summed E-state index contributed by atoms with van der Waals surface area (Å²) in [6, 6.07) is 4.42. The standard InChI is InChI=1S/C11H17ClN2/c1-3-10(7-12)14-8-11-9(2)5-4-6-13-11/h4-6,10,14H,3,7-8H2,1-2H3. The van der Waals surface area contributed by atoms with Crippen LogP contribution in [0.25, 0.3) is 0 Å². The molecule has 1 heterocycles. The molecule has 1 N–H and O–H groups in total. The van der Waals surface area contributed by atoms with E-state index in [0.717, 1.165) is 18.7 Å². The van der Waals surface area contributed by atoms with Crippen LogP contribution < -0.4 is 5.32 Å². The van der Waals surface area contributed by atoms with Gasteiger partial charge in [-0.3, -0.25) is 4.98 Å². The second kappa shape index (κ2) is 5.99. The minimum Gasteiger partial charge on any atom is -0.307 e. The minimum atomic E-state index is 0.387. The van der Waals surface area contributed by atoms with Crippen LogP contribution in [-0.4, -0.2) is 16.9 Å². The normalized spacial score (nSPS) is 12.8. The minimum absolute atomic E-state index is 0.387. The summed E-state index contributed by atoms with van der Waals surface area (Å²) < 4.78 is 0. The van der Waals surface area contributed by atoms with Crippen molar-refractivity contribution in [1.29, 1.82) is 0 Å². The third-order valence-corrected chi connectivity index (χ3v) is 2.73. The lowest BCUT2D eigenvalue weighted by atomic mass is 10.2. The summed E-state index contributed by atoms with van der Waals surface area (Å²) >= 11 is 5.79. The van der Waals surface area contributed by atoms with Crippen molar-refractivity contribution in [2.24, 2.45) is 0 Å². The average molecular weight is 213 g/mol. The van der Waals surface area contributed by atoms with Gasteiger partial charge in [-0.2, -0.15) is 0 Å². The van der Waals surface area contributed by atoms with Crippen molar-refractivity contribution in [2.45, 2.75) is 32.9 Å². The van der Waals surface area contributed by atoms with E-state index in [1.54, 1.807) is 0 Å². The molecule has 3 heteroatoms. The first kappa shape index (κ1) is 11.5. The fraction of sp³-hybridized carbons (Fsp3) is 0.545. The molecule has 1 aromatic rings. The first-order valence-electron chi connectivity index (χ1n) is 4.97. The van der Waals surface area contributed by atoms with Crippen molar-refractivity contribution in [3.63, 3.8) is 0 Å². The predicted octanol–water partition coefficient (Wildman–Crippen LogP) is 2.50. The van der Waals surface area contributed by atoms with Crippen LogP contribution in [-0.2, 0) is 6.54 Å². The molecule has 0 aliphatic rings. The summed E-state index contributed by atoms with van der Waals surface area (Å²) in [4.78, 5) is 4.31. The number of pyridine rings is 1. The van der Waals surface area contributed by atoms with Crippen molar-refractivity contribution in [2.75, 3.05) is 5.88 Å². The molecular weight excluding hydrogens is 196 g/mol. The summed E-state index contributed by atoms with van der Waals surface area (Å²) in [6.07, 6.45) is 2.88. The topological polar surface area (TPSA) is 24.9 Å². The maximum Gasteiger partial charge on any atom is 0.0570 e. The highest BCUT2D eigenvalue weighted by Crippen LogP contribution is 2.03. The zero-order chi connectivity index (χ0) is 10.4. The van der Waals surface area contributed by atoms with Gasteiger partial charge in [0.1, 0.15) is 0 Å². The van der Waals surface area contributed by atoms with Crippen LogP contribution >= 0.6 is 11.6 Å². The number of rotatable bonds is 5. The van der Waals surface area contributed by atoms with Crippen LogP contribution in [0.2, 0.25) is 0 Å². The first-order valence-corrected chi connectivity index (χ1v) is 5.51. The Bertz CT molecular complexity index is 272. The van der Waals surface area contributed by atoms with Crippen molar-refractivity contribution in [1.82, 2.24) is 10.3 Å². The summed E-state index contributed by atoms with van der Waals surface area (Å²) in [5.74, 6) is 0.655. The van der Waals surface area contributed by atoms with Crippen molar-refractivity contribution >= 4 is 11.6 Å². The zero-order valence-electron chi connectivity index (χ0n) is 8.76. The zero-order valence-corrected chi connectivity index (χ0v) is 9.51. The van der Waals surface area contributed by atoms with Gasteiger partial charge < -0.3 is 5.32 Å². The van der Waals surface area contributed by atoms with E-state index in [2.05, 4.69) is 30.2 Å². The number of alkyl halides is 1. The fourth-order valence-corrected chi connectivity index (χ4v) is 1.58. The summed E-state index contributed by atoms with van der Waals surface area (Å²) in [6.45, 7) is 5.01. The molecule has 14 heavy (non-hydrogen) atoms. The Kier molecular flexibility index (Phi) is 4.91. The summed E-state index contributed by atoms with van der Waals surface area (Å²) in [5, 5.41) is 3.38. The van der Waals surface area contributed by atoms with Gasteiger partial charge in [0.15, 0.2) is 0 Å².